The summed E-state index contributed by atoms with van der Waals surface area (Å²) in [5.74, 6) is 0.463. The van der Waals surface area contributed by atoms with Gasteiger partial charge in [0, 0.05) is 23.7 Å². The van der Waals surface area contributed by atoms with Crippen LogP contribution in [-0.4, -0.2) is 34.8 Å². The zero-order chi connectivity index (χ0) is 17.9. The van der Waals surface area contributed by atoms with Crippen LogP contribution in [-0.2, 0) is 0 Å². The third-order valence-electron chi connectivity index (χ3n) is 4.42. The minimum Gasteiger partial charge on any atom is -0.463 e. The van der Waals surface area contributed by atoms with Crippen molar-refractivity contribution in [3.63, 3.8) is 0 Å². The third kappa shape index (κ3) is 3.52. The average molecular weight is 371 g/mol. The molecule has 0 bridgehead atoms. The lowest BCUT2D eigenvalue weighted by Gasteiger charge is -2.23. The molecule has 7 heteroatoms. The van der Waals surface area contributed by atoms with Crippen LogP contribution in [0.2, 0.25) is 5.02 Å². The van der Waals surface area contributed by atoms with Gasteiger partial charge in [-0.25, -0.2) is 4.68 Å². The van der Waals surface area contributed by atoms with Crippen LogP contribution in [0.4, 0.5) is 0 Å². The second-order valence-electron chi connectivity index (χ2n) is 6.30. The van der Waals surface area contributed by atoms with E-state index in [2.05, 4.69) is 15.7 Å². The van der Waals surface area contributed by atoms with E-state index in [-0.39, 0.29) is 11.9 Å². The van der Waals surface area contributed by atoms with Crippen molar-refractivity contribution in [1.82, 2.24) is 20.4 Å². The van der Waals surface area contributed by atoms with E-state index >= 15 is 0 Å². The lowest BCUT2D eigenvalue weighted by molar-refractivity contribution is 0.0925. The summed E-state index contributed by atoms with van der Waals surface area (Å²) in [6.07, 6.45) is 3.63. The van der Waals surface area contributed by atoms with Crippen LogP contribution in [0, 0.1) is 0 Å². The molecule has 134 valence electrons. The quantitative estimate of drug-likeness (QED) is 0.739. The Bertz CT molecular complexity index is 881. The molecule has 1 amide bonds. The van der Waals surface area contributed by atoms with Crippen LogP contribution in [0.15, 0.2) is 53.1 Å². The molecule has 2 N–H and O–H groups in total. The number of nitrogens with zero attached hydrogens (tertiary/aromatic N) is 2. The first kappa shape index (κ1) is 16.9. The van der Waals surface area contributed by atoms with Crippen molar-refractivity contribution in [1.29, 1.82) is 0 Å². The highest BCUT2D eigenvalue weighted by Gasteiger charge is 2.21. The maximum Gasteiger partial charge on any atom is 0.272 e. The number of benzene rings is 1. The van der Waals surface area contributed by atoms with E-state index in [0.29, 0.717) is 22.2 Å². The first-order valence-corrected chi connectivity index (χ1v) is 9.00. The fraction of sp³-hybridized carbons (Fsp3) is 0.263. The van der Waals surface area contributed by atoms with E-state index < -0.39 is 0 Å². The van der Waals surface area contributed by atoms with E-state index in [9.17, 15) is 4.79 Å². The average Bonchev–Trinajstić information content (AvgIpc) is 3.33. The minimum atomic E-state index is -0.181. The molecule has 3 aromatic rings. The number of amides is 1. The molecule has 1 aromatic carbocycles. The van der Waals surface area contributed by atoms with E-state index in [1.165, 1.54) is 0 Å². The molecule has 1 unspecified atom stereocenters. The number of hydrogen-bond donors (Lipinski definition) is 2. The number of carbonyl (C=O) groups excluding carboxylic acids is 1. The highest BCUT2D eigenvalue weighted by Crippen LogP contribution is 2.25. The van der Waals surface area contributed by atoms with E-state index in [0.717, 1.165) is 31.6 Å². The molecule has 1 aliphatic heterocycles. The first-order valence-electron chi connectivity index (χ1n) is 8.62. The molecule has 0 aliphatic carbocycles. The van der Waals surface area contributed by atoms with E-state index in [1.54, 1.807) is 29.1 Å². The highest BCUT2D eigenvalue weighted by molar-refractivity contribution is 6.30. The van der Waals surface area contributed by atoms with Gasteiger partial charge in [0.25, 0.3) is 5.91 Å². The zero-order valence-electron chi connectivity index (χ0n) is 14.1. The Hall–Kier alpha value is -2.57. The summed E-state index contributed by atoms with van der Waals surface area (Å²) >= 11 is 5.98. The van der Waals surface area contributed by atoms with Crippen LogP contribution < -0.4 is 10.6 Å². The van der Waals surface area contributed by atoms with Crippen LogP contribution in [0.25, 0.3) is 17.1 Å². The van der Waals surface area contributed by atoms with Gasteiger partial charge >= 0.3 is 0 Å². The van der Waals surface area contributed by atoms with Crippen LogP contribution in [0.1, 0.15) is 23.3 Å². The number of carbonyl (C=O) groups is 1. The number of nitrogens with one attached hydrogen (secondary N) is 2. The highest BCUT2D eigenvalue weighted by atomic mass is 35.5. The summed E-state index contributed by atoms with van der Waals surface area (Å²) in [5, 5.41) is 11.5. The van der Waals surface area contributed by atoms with E-state index in [4.69, 9.17) is 16.0 Å². The zero-order valence-corrected chi connectivity index (χ0v) is 14.9. The van der Waals surface area contributed by atoms with Gasteiger partial charge in [-0.1, -0.05) is 11.6 Å². The molecule has 1 fully saturated rings. The Kier molecular flexibility index (Phi) is 4.77. The maximum atomic E-state index is 12.7. The molecule has 0 radical (unpaired) electrons. The second-order valence-corrected chi connectivity index (χ2v) is 6.73. The number of rotatable bonds is 4. The molecule has 6 nitrogen and oxygen atoms in total. The standard InChI is InChI=1S/C19H19ClN4O2/c20-13-5-7-15(8-6-13)24-17(18-4-2-10-26-18)11-16(23-24)19(25)22-14-3-1-9-21-12-14/h2,4-8,10-11,14,21H,1,3,9,12H2,(H,22,25). The van der Waals surface area contributed by atoms with Gasteiger partial charge in [-0.15, -0.1) is 0 Å². The Labute approximate surface area is 156 Å². The summed E-state index contributed by atoms with van der Waals surface area (Å²) in [5.41, 5.74) is 1.88. The van der Waals surface area contributed by atoms with Gasteiger partial charge in [0.2, 0.25) is 0 Å². The SMILES string of the molecule is O=C(NC1CCCNC1)c1cc(-c2ccco2)n(-c2ccc(Cl)cc2)n1. The smallest absolute Gasteiger partial charge is 0.272 e. The summed E-state index contributed by atoms with van der Waals surface area (Å²) in [4.78, 5) is 12.7. The number of aromatic nitrogens is 2. The van der Waals surface area contributed by atoms with Crippen LogP contribution in [0.5, 0.6) is 0 Å². The number of furan rings is 1. The third-order valence-corrected chi connectivity index (χ3v) is 4.67. The molecule has 2 aromatic heterocycles. The Morgan fingerprint density at radius 2 is 2.15 bits per heavy atom. The van der Waals surface area contributed by atoms with Crippen molar-refractivity contribution < 1.29 is 9.21 Å². The predicted octanol–water partition coefficient (Wildman–Crippen LogP) is 3.27. The molecule has 4 rings (SSSR count). The van der Waals surface area contributed by atoms with Gasteiger partial charge in [0.15, 0.2) is 11.5 Å². The number of piperidine rings is 1. The summed E-state index contributed by atoms with van der Waals surface area (Å²) in [6.45, 7) is 1.79. The summed E-state index contributed by atoms with van der Waals surface area (Å²) in [7, 11) is 0. The maximum absolute atomic E-state index is 12.7. The number of halogens is 1. The van der Waals surface area contributed by atoms with Crippen LogP contribution in [0.3, 0.4) is 0 Å². The van der Waals surface area contributed by atoms with Crippen molar-refractivity contribution in [3.05, 3.63) is 59.4 Å². The molecular weight excluding hydrogens is 352 g/mol. The predicted molar refractivity (Wildman–Crippen MR) is 99.6 cm³/mol. The van der Waals surface area contributed by atoms with Crippen molar-refractivity contribution in [2.24, 2.45) is 0 Å². The second kappa shape index (κ2) is 7.35. The Morgan fingerprint density at radius 1 is 1.31 bits per heavy atom. The first-order chi connectivity index (χ1) is 12.7. The van der Waals surface area contributed by atoms with Gasteiger partial charge in [0.1, 0.15) is 5.69 Å². The monoisotopic (exact) mass is 370 g/mol. The molecule has 1 atom stereocenters. The Morgan fingerprint density at radius 3 is 2.85 bits per heavy atom. The molecular formula is C19H19ClN4O2. The lowest BCUT2D eigenvalue weighted by atomic mass is 10.1. The fourth-order valence-electron chi connectivity index (χ4n) is 3.11. The molecule has 0 saturated carbocycles. The van der Waals surface area contributed by atoms with Gasteiger partial charge < -0.3 is 15.1 Å². The summed E-state index contributed by atoms with van der Waals surface area (Å²) < 4.78 is 7.22. The summed E-state index contributed by atoms with van der Waals surface area (Å²) in [6, 6.07) is 12.8. The topological polar surface area (TPSA) is 72.1 Å². The Balaban J connectivity index is 1.66. The van der Waals surface area contributed by atoms with Gasteiger partial charge in [0.05, 0.1) is 12.0 Å². The minimum absolute atomic E-state index is 0.129. The molecule has 1 aliphatic rings. The van der Waals surface area contributed by atoms with Crippen molar-refractivity contribution in [3.8, 4) is 17.1 Å². The fourth-order valence-corrected chi connectivity index (χ4v) is 3.23. The molecule has 26 heavy (non-hydrogen) atoms. The van der Waals surface area contributed by atoms with Crippen molar-refractivity contribution in [2.45, 2.75) is 18.9 Å². The van der Waals surface area contributed by atoms with Crippen molar-refractivity contribution in [2.75, 3.05) is 13.1 Å². The molecule has 0 spiro atoms. The van der Waals surface area contributed by atoms with Gasteiger partial charge in [-0.3, -0.25) is 4.79 Å². The van der Waals surface area contributed by atoms with Crippen molar-refractivity contribution >= 4 is 17.5 Å². The number of hydrogen-bond acceptors (Lipinski definition) is 4. The molecule has 1 saturated heterocycles. The normalized spacial score (nSPS) is 17.2. The molecule has 3 heterocycles. The van der Waals surface area contributed by atoms with Gasteiger partial charge in [-0.2, -0.15) is 5.10 Å². The van der Waals surface area contributed by atoms with Crippen LogP contribution >= 0.6 is 11.6 Å². The van der Waals surface area contributed by atoms with Gasteiger partial charge in [-0.05, 0) is 55.8 Å². The largest absolute Gasteiger partial charge is 0.463 e. The lowest BCUT2D eigenvalue weighted by Crippen LogP contribution is -2.45. The van der Waals surface area contributed by atoms with E-state index in [1.807, 2.05) is 24.3 Å².